The van der Waals surface area contributed by atoms with Crippen molar-refractivity contribution >= 4 is 34.7 Å². The summed E-state index contributed by atoms with van der Waals surface area (Å²) in [6, 6.07) is 13.8. The van der Waals surface area contributed by atoms with Crippen LogP contribution in [0.1, 0.15) is 68.3 Å². The van der Waals surface area contributed by atoms with Gasteiger partial charge in [0, 0.05) is 77.8 Å². The van der Waals surface area contributed by atoms with Crippen LogP contribution >= 0.6 is 22.9 Å². The molecule has 2 N–H and O–H groups in total. The first-order valence-electron chi connectivity index (χ1n) is 14.6. The molecule has 9 nitrogen and oxygen atoms in total. The van der Waals surface area contributed by atoms with Crippen LogP contribution < -0.4 is 10.6 Å². The van der Waals surface area contributed by atoms with E-state index in [9.17, 15) is 4.79 Å². The fourth-order valence-electron chi connectivity index (χ4n) is 6.12. The second-order valence-electron chi connectivity index (χ2n) is 11.2. The van der Waals surface area contributed by atoms with Gasteiger partial charge in [0.15, 0.2) is 0 Å². The number of anilines is 1. The molecule has 0 bridgehead atoms. The van der Waals surface area contributed by atoms with Crippen LogP contribution in [-0.2, 0) is 0 Å². The van der Waals surface area contributed by atoms with Gasteiger partial charge in [-0.1, -0.05) is 50.3 Å². The van der Waals surface area contributed by atoms with Crippen molar-refractivity contribution in [2.75, 3.05) is 18.4 Å². The van der Waals surface area contributed by atoms with Crippen LogP contribution in [0.4, 0.5) is 10.6 Å². The Bertz CT molecular complexity index is 1430. The average molecular weight is 665 g/mol. The van der Waals surface area contributed by atoms with E-state index in [0.717, 1.165) is 54.3 Å². The zero-order valence-corrected chi connectivity index (χ0v) is 25.6. The van der Waals surface area contributed by atoms with Gasteiger partial charge >= 0.3 is 6.03 Å². The molecule has 2 atom stereocenters. The topological polar surface area (TPSA) is 92.9 Å². The normalized spacial score (nSPS) is 20.4. The lowest BCUT2D eigenvalue weighted by molar-refractivity contribution is 0.246. The molecule has 0 radical (unpaired) electrons. The quantitative estimate of drug-likeness (QED) is 0.178. The van der Waals surface area contributed by atoms with Crippen LogP contribution in [0.2, 0.25) is 0 Å². The van der Waals surface area contributed by atoms with Crippen LogP contribution in [0, 0.1) is 6.92 Å². The van der Waals surface area contributed by atoms with Gasteiger partial charge in [0.05, 0.1) is 17.8 Å². The predicted molar refractivity (Wildman–Crippen MR) is 169 cm³/mol. The zero-order valence-electron chi connectivity index (χ0n) is 23.4. The Kier molecular flexibility index (Phi) is 8.66. The number of hydrogen-bond donors (Lipinski definition) is 2. The maximum Gasteiger partial charge on any atom is 0.320 e. The molecule has 0 spiro atoms. The van der Waals surface area contributed by atoms with E-state index in [1.807, 2.05) is 61.8 Å². The molecule has 41 heavy (non-hydrogen) atoms. The number of nitrogens with zero attached hydrogens (tertiary/aromatic N) is 6. The molecule has 1 aliphatic heterocycles. The number of carbonyl (C=O) groups excluding carboxylic acids is 1. The number of urea groups is 1. The van der Waals surface area contributed by atoms with Crippen LogP contribution in [0.3, 0.4) is 0 Å². The smallest absolute Gasteiger partial charge is 0.320 e. The van der Waals surface area contributed by atoms with Gasteiger partial charge < -0.3 is 9.88 Å². The summed E-state index contributed by atoms with van der Waals surface area (Å²) in [7, 11) is 0. The van der Waals surface area contributed by atoms with E-state index < -0.39 is 0 Å². The average Bonchev–Trinajstić information content (AvgIpc) is 3.69. The molecule has 1 aromatic carbocycles. The highest BCUT2D eigenvalue weighted by Gasteiger charge is 2.34. The molecule has 2 fully saturated rings. The lowest BCUT2D eigenvalue weighted by Gasteiger charge is -2.22. The van der Waals surface area contributed by atoms with Crippen molar-refractivity contribution in [3.8, 4) is 16.9 Å². The van der Waals surface area contributed by atoms with Gasteiger partial charge in [0.25, 0.3) is 0 Å². The molecule has 10 heteroatoms. The molecule has 214 valence electrons. The highest BCUT2D eigenvalue weighted by molar-refractivity contribution is 14.1. The Morgan fingerprint density at radius 3 is 2.32 bits per heavy atom. The van der Waals surface area contributed by atoms with Crippen molar-refractivity contribution in [2.24, 2.45) is 0 Å². The van der Waals surface area contributed by atoms with E-state index in [2.05, 4.69) is 53.6 Å². The standard InChI is InChI=1S/C31H37IN8O/c1-22-28(24-18-33-29(34-19-24)23-12-6-3-2-4-7-13-23)37-40(25-14-8-5-9-15-25)30(22)36-31(41)35-26-20-39(32)21-27(26)38-16-10-11-17-38/h5,8-11,14-19,23,26-27H,2-4,6-7,12-13,20-21H2,1H3,(H2,35,36,41). The molecule has 6 rings (SSSR count). The summed E-state index contributed by atoms with van der Waals surface area (Å²) < 4.78 is 6.18. The molecular formula is C31H37IN8O. The van der Waals surface area contributed by atoms with E-state index in [0.29, 0.717) is 11.7 Å². The van der Waals surface area contributed by atoms with Gasteiger partial charge in [-0.3, -0.25) is 5.32 Å². The summed E-state index contributed by atoms with van der Waals surface area (Å²) in [5, 5.41) is 11.3. The Morgan fingerprint density at radius 2 is 1.61 bits per heavy atom. The summed E-state index contributed by atoms with van der Waals surface area (Å²) >= 11 is 2.33. The molecule has 3 aromatic heterocycles. The fraction of sp³-hybridized carbons (Fsp3) is 0.419. The third-order valence-electron chi connectivity index (χ3n) is 8.34. The molecule has 1 saturated heterocycles. The lowest BCUT2D eigenvalue weighted by atomic mass is 9.90. The van der Waals surface area contributed by atoms with E-state index in [1.54, 1.807) is 4.68 Å². The van der Waals surface area contributed by atoms with Gasteiger partial charge in [-0.05, 0) is 44.0 Å². The number of para-hydroxylation sites is 1. The van der Waals surface area contributed by atoms with E-state index in [4.69, 9.17) is 15.1 Å². The highest BCUT2D eigenvalue weighted by Crippen LogP contribution is 2.33. The Morgan fingerprint density at radius 1 is 0.927 bits per heavy atom. The Hall–Kier alpha value is -3.25. The number of carbonyl (C=O) groups is 1. The van der Waals surface area contributed by atoms with Gasteiger partial charge in [0.2, 0.25) is 0 Å². The second-order valence-corrected chi connectivity index (χ2v) is 12.5. The Balaban J connectivity index is 1.25. The monoisotopic (exact) mass is 664 g/mol. The predicted octanol–water partition coefficient (Wildman–Crippen LogP) is 6.66. The third-order valence-corrected chi connectivity index (χ3v) is 9.13. The first-order valence-corrected chi connectivity index (χ1v) is 15.6. The number of amides is 2. The van der Waals surface area contributed by atoms with E-state index in [1.165, 1.54) is 32.1 Å². The molecule has 2 amide bonds. The zero-order chi connectivity index (χ0) is 28.2. The molecule has 2 aliphatic rings. The summed E-state index contributed by atoms with van der Waals surface area (Å²) in [5.41, 5.74) is 3.35. The molecular weight excluding hydrogens is 627 g/mol. The van der Waals surface area contributed by atoms with Crippen LogP contribution in [0.5, 0.6) is 0 Å². The minimum Gasteiger partial charge on any atom is -0.348 e. The summed E-state index contributed by atoms with van der Waals surface area (Å²) in [5.74, 6) is 2.00. The third kappa shape index (κ3) is 6.33. The van der Waals surface area contributed by atoms with Crippen molar-refractivity contribution in [1.29, 1.82) is 0 Å². The van der Waals surface area contributed by atoms with Crippen LogP contribution in [0.25, 0.3) is 16.9 Å². The Labute approximate surface area is 255 Å². The number of nitrogens with one attached hydrogen (secondary N) is 2. The number of hydrogen-bond acceptors (Lipinski definition) is 5. The summed E-state index contributed by atoms with van der Waals surface area (Å²) in [6.45, 7) is 3.62. The summed E-state index contributed by atoms with van der Waals surface area (Å²) in [4.78, 5) is 23.0. The van der Waals surface area contributed by atoms with Crippen molar-refractivity contribution in [2.45, 2.75) is 69.9 Å². The van der Waals surface area contributed by atoms with Gasteiger partial charge in [-0.15, -0.1) is 0 Å². The van der Waals surface area contributed by atoms with E-state index >= 15 is 0 Å². The van der Waals surface area contributed by atoms with Gasteiger partial charge in [-0.25, -0.2) is 22.6 Å². The van der Waals surface area contributed by atoms with Gasteiger partial charge in [-0.2, -0.15) is 5.10 Å². The maximum atomic E-state index is 13.4. The minimum atomic E-state index is -0.249. The molecule has 4 heterocycles. The first-order chi connectivity index (χ1) is 20.1. The minimum absolute atomic E-state index is 0.0265. The number of halogens is 1. The largest absolute Gasteiger partial charge is 0.348 e. The van der Waals surface area contributed by atoms with Crippen molar-refractivity contribution < 1.29 is 4.79 Å². The lowest BCUT2D eigenvalue weighted by Crippen LogP contribution is -2.43. The van der Waals surface area contributed by atoms with Crippen LogP contribution in [0.15, 0.2) is 67.3 Å². The highest BCUT2D eigenvalue weighted by atomic mass is 127. The molecule has 1 aliphatic carbocycles. The summed E-state index contributed by atoms with van der Waals surface area (Å²) in [6.07, 6.45) is 16.7. The molecule has 2 unspecified atom stereocenters. The molecule has 4 aromatic rings. The van der Waals surface area contributed by atoms with Crippen molar-refractivity contribution in [1.82, 2.24) is 32.7 Å². The number of aromatic nitrogens is 5. The maximum absolute atomic E-state index is 13.4. The van der Waals surface area contributed by atoms with E-state index in [-0.39, 0.29) is 18.1 Å². The SMILES string of the molecule is Cc1c(-c2cnc(C3CCCCCCC3)nc2)nn(-c2ccccc2)c1NC(=O)NC1CN(I)CC1n1cccc1. The molecule has 1 saturated carbocycles. The van der Waals surface area contributed by atoms with Gasteiger partial charge in [0.1, 0.15) is 17.3 Å². The number of rotatable bonds is 6. The first kappa shape index (κ1) is 27.9. The van der Waals surface area contributed by atoms with Crippen LogP contribution in [-0.4, -0.2) is 52.6 Å². The fourth-order valence-corrected chi connectivity index (χ4v) is 6.95. The van der Waals surface area contributed by atoms with Crippen molar-refractivity contribution in [3.63, 3.8) is 0 Å². The second kappa shape index (κ2) is 12.7. The number of benzene rings is 1. The van der Waals surface area contributed by atoms with Crippen molar-refractivity contribution in [3.05, 3.63) is 78.6 Å².